The van der Waals surface area contributed by atoms with E-state index in [9.17, 15) is 18.5 Å². The predicted octanol–water partition coefficient (Wildman–Crippen LogP) is 3.64. The van der Waals surface area contributed by atoms with Gasteiger partial charge in [-0.25, -0.2) is 13.1 Å². The molecule has 1 N–H and O–H groups in total. The van der Waals surface area contributed by atoms with E-state index >= 15 is 0 Å². The van der Waals surface area contributed by atoms with E-state index in [1.165, 1.54) is 18.6 Å². The Morgan fingerprint density at radius 2 is 1.73 bits per heavy atom. The van der Waals surface area contributed by atoms with Gasteiger partial charge in [0.2, 0.25) is 10.0 Å². The molecule has 0 amide bonds. The van der Waals surface area contributed by atoms with Gasteiger partial charge < -0.3 is 0 Å². The van der Waals surface area contributed by atoms with Crippen LogP contribution in [-0.2, 0) is 10.0 Å². The van der Waals surface area contributed by atoms with Gasteiger partial charge in [0, 0.05) is 17.1 Å². The van der Waals surface area contributed by atoms with Crippen LogP contribution in [0, 0.1) is 10.1 Å². The standard InChI is InChI=1S/C14H19ClN2O4S/c15-11-8-9-14(13(10-11)17(18)19)22(20,21)16-12-6-4-2-1-3-5-7-12/h8-10,12,16H,1-7H2. The molecule has 122 valence electrons. The highest BCUT2D eigenvalue weighted by molar-refractivity contribution is 7.89. The summed E-state index contributed by atoms with van der Waals surface area (Å²) in [5, 5.41) is 11.2. The second-order valence-corrected chi connectivity index (χ2v) is 7.65. The summed E-state index contributed by atoms with van der Waals surface area (Å²) in [6.45, 7) is 0. The van der Waals surface area contributed by atoms with Gasteiger partial charge in [-0.2, -0.15) is 0 Å². The van der Waals surface area contributed by atoms with Crippen LogP contribution in [0.1, 0.15) is 44.9 Å². The molecule has 0 aliphatic heterocycles. The fraction of sp³-hybridized carbons (Fsp3) is 0.571. The van der Waals surface area contributed by atoms with Crippen molar-refractivity contribution in [2.75, 3.05) is 0 Å². The van der Waals surface area contributed by atoms with Crippen LogP contribution >= 0.6 is 11.6 Å². The van der Waals surface area contributed by atoms with Crippen LogP contribution in [0.3, 0.4) is 0 Å². The summed E-state index contributed by atoms with van der Waals surface area (Å²) in [6, 6.07) is 3.43. The van der Waals surface area contributed by atoms with Crippen LogP contribution in [0.15, 0.2) is 23.1 Å². The zero-order valence-corrected chi connectivity index (χ0v) is 13.7. The number of nitrogens with zero attached hydrogens (tertiary/aromatic N) is 1. The average Bonchev–Trinajstić information content (AvgIpc) is 2.41. The smallest absolute Gasteiger partial charge is 0.258 e. The summed E-state index contributed by atoms with van der Waals surface area (Å²) in [7, 11) is -3.93. The maximum atomic E-state index is 12.5. The quantitative estimate of drug-likeness (QED) is 0.665. The van der Waals surface area contributed by atoms with E-state index in [1.54, 1.807) is 0 Å². The summed E-state index contributed by atoms with van der Waals surface area (Å²) >= 11 is 5.72. The van der Waals surface area contributed by atoms with Crippen LogP contribution in [0.25, 0.3) is 0 Å². The van der Waals surface area contributed by atoms with E-state index in [0.717, 1.165) is 44.6 Å². The summed E-state index contributed by atoms with van der Waals surface area (Å²) in [4.78, 5) is 10.0. The van der Waals surface area contributed by atoms with Gasteiger partial charge in [-0.15, -0.1) is 0 Å². The molecular formula is C14H19ClN2O4S. The van der Waals surface area contributed by atoms with Crippen molar-refractivity contribution in [3.05, 3.63) is 33.3 Å². The third-order valence-corrected chi connectivity index (χ3v) is 5.64. The molecule has 6 nitrogen and oxygen atoms in total. The molecule has 22 heavy (non-hydrogen) atoms. The maximum absolute atomic E-state index is 12.5. The first-order valence-electron chi connectivity index (χ1n) is 7.36. The third-order valence-electron chi connectivity index (χ3n) is 3.83. The lowest BCUT2D eigenvalue weighted by molar-refractivity contribution is -0.387. The number of sulfonamides is 1. The Kier molecular flexibility index (Phi) is 5.77. The summed E-state index contributed by atoms with van der Waals surface area (Å²) in [5.41, 5.74) is -0.495. The van der Waals surface area contributed by atoms with E-state index in [-0.39, 0.29) is 16.0 Å². The number of hydrogen-bond acceptors (Lipinski definition) is 4. The fourth-order valence-electron chi connectivity index (χ4n) is 2.72. The highest BCUT2D eigenvalue weighted by atomic mass is 35.5. The number of halogens is 1. The van der Waals surface area contributed by atoms with Crippen LogP contribution in [0.4, 0.5) is 5.69 Å². The van der Waals surface area contributed by atoms with E-state index in [4.69, 9.17) is 11.6 Å². The number of nitro groups is 1. The fourth-order valence-corrected chi connectivity index (χ4v) is 4.34. The Bertz CT molecular complexity index is 640. The lowest BCUT2D eigenvalue weighted by Crippen LogP contribution is -2.35. The highest BCUT2D eigenvalue weighted by Crippen LogP contribution is 2.28. The van der Waals surface area contributed by atoms with Crippen molar-refractivity contribution >= 4 is 27.3 Å². The van der Waals surface area contributed by atoms with Crippen molar-refractivity contribution in [2.24, 2.45) is 0 Å². The van der Waals surface area contributed by atoms with Gasteiger partial charge in [0.25, 0.3) is 5.69 Å². The van der Waals surface area contributed by atoms with Crippen LogP contribution in [0.2, 0.25) is 5.02 Å². The number of nitrogens with one attached hydrogen (secondary N) is 1. The average molecular weight is 347 g/mol. The van der Waals surface area contributed by atoms with Crippen LogP contribution < -0.4 is 4.72 Å². The zero-order chi connectivity index (χ0) is 16.2. The number of nitro benzene ring substituents is 1. The molecule has 1 aliphatic carbocycles. The van der Waals surface area contributed by atoms with Crippen LogP contribution in [-0.4, -0.2) is 19.4 Å². The molecule has 8 heteroatoms. The molecule has 0 unspecified atom stereocenters. The van der Waals surface area contributed by atoms with Gasteiger partial charge in [0.15, 0.2) is 4.90 Å². The Hall–Kier alpha value is -1.18. The molecule has 1 fully saturated rings. The first-order chi connectivity index (χ1) is 10.4. The van der Waals surface area contributed by atoms with Crippen LogP contribution in [0.5, 0.6) is 0 Å². The van der Waals surface area contributed by atoms with Gasteiger partial charge in [-0.1, -0.05) is 43.7 Å². The van der Waals surface area contributed by atoms with Crippen molar-refractivity contribution in [2.45, 2.75) is 55.9 Å². The lowest BCUT2D eigenvalue weighted by Gasteiger charge is -2.20. The monoisotopic (exact) mass is 346 g/mol. The molecule has 0 heterocycles. The molecule has 0 atom stereocenters. The van der Waals surface area contributed by atoms with Gasteiger partial charge in [0.1, 0.15) is 0 Å². The van der Waals surface area contributed by atoms with E-state index in [0.29, 0.717) is 0 Å². The van der Waals surface area contributed by atoms with Crippen molar-refractivity contribution in [1.82, 2.24) is 4.72 Å². The highest BCUT2D eigenvalue weighted by Gasteiger charge is 2.28. The second kappa shape index (κ2) is 7.39. The van der Waals surface area contributed by atoms with Gasteiger partial charge in [0.05, 0.1) is 4.92 Å². The number of hydrogen-bond donors (Lipinski definition) is 1. The first-order valence-corrected chi connectivity index (χ1v) is 9.22. The Morgan fingerprint density at radius 3 is 2.32 bits per heavy atom. The minimum Gasteiger partial charge on any atom is -0.258 e. The van der Waals surface area contributed by atoms with Gasteiger partial charge >= 0.3 is 0 Å². The topological polar surface area (TPSA) is 89.3 Å². The molecule has 1 saturated carbocycles. The number of benzene rings is 1. The molecule has 1 aliphatic rings. The molecule has 1 aromatic carbocycles. The minimum atomic E-state index is -3.93. The SMILES string of the molecule is O=[N+]([O-])c1cc(Cl)ccc1S(=O)(=O)NC1CCCCCCC1. The summed E-state index contributed by atoms with van der Waals surface area (Å²) < 4.78 is 27.6. The molecule has 0 spiro atoms. The van der Waals surface area contributed by atoms with Gasteiger partial charge in [-0.05, 0) is 25.0 Å². The summed E-state index contributed by atoms with van der Waals surface area (Å²) in [5.74, 6) is 0. The Morgan fingerprint density at radius 1 is 1.14 bits per heavy atom. The second-order valence-electron chi connectivity index (χ2n) is 5.53. The first kappa shape index (κ1) is 17.2. The predicted molar refractivity (Wildman–Crippen MR) is 84.5 cm³/mol. The molecule has 1 aromatic rings. The minimum absolute atomic E-state index is 0.136. The molecule has 0 bridgehead atoms. The van der Waals surface area contributed by atoms with E-state index < -0.39 is 20.6 Å². The van der Waals surface area contributed by atoms with Crippen molar-refractivity contribution in [1.29, 1.82) is 0 Å². The Labute approximate surface area is 135 Å². The van der Waals surface area contributed by atoms with E-state index in [2.05, 4.69) is 4.72 Å². The third kappa shape index (κ3) is 4.41. The molecular weight excluding hydrogens is 328 g/mol. The Balaban J connectivity index is 2.24. The lowest BCUT2D eigenvalue weighted by atomic mass is 9.97. The van der Waals surface area contributed by atoms with E-state index in [1.807, 2.05) is 0 Å². The summed E-state index contributed by atoms with van der Waals surface area (Å²) in [6.07, 6.45) is 6.84. The maximum Gasteiger partial charge on any atom is 0.290 e. The van der Waals surface area contributed by atoms with Crippen molar-refractivity contribution < 1.29 is 13.3 Å². The molecule has 0 aromatic heterocycles. The normalized spacial score (nSPS) is 17.7. The molecule has 0 radical (unpaired) electrons. The number of rotatable bonds is 4. The largest absolute Gasteiger partial charge is 0.290 e. The van der Waals surface area contributed by atoms with Crippen molar-refractivity contribution in [3.63, 3.8) is 0 Å². The molecule has 2 rings (SSSR count). The zero-order valence-electron chi connectivity index (χ0n) is 12.1. The van der Waals surface area contributed by atoms with Gasteiger partial charge in [-0.3, -0.25) is 10.1 Å². The molecule has 0 saturated heterocycles. The van der Waals surface area contributed by atoms with Crippen molar-refractivity contribution in [3.8, 4) is 0 Å².